The van der Waals surface area contributed by atoms with Crippen LogP contribution in [0.25, 0.3) is 6.08 Å². The Morgan fingerprint density at radius 3 is 2.44 bits per heavy atom. The number of benzene rings is 2. The van der Waals surface area contributed by atoms with Crippen molar-refractivity contribution in [2.24, 2.45) is 5.73 Å². The monoisotopic (exact) mass is 515 g/mol. The molecule has 1 amide bonds. The molecular weight excluding hydrogens is 490 g/mol. The lowest BCUT2D eigenvalue weighted by atomic mass is 10.0. The Morgan fingerprint density at radius 1 is 1.11 bits per heavy atom. The Morgan fingerprint density at radius 2 is 1.81 bits per heavy atom. The maximum atomic E-state index is 13.7. The van der Waals surface area contributed by atoms with Gasteiger partial charge in [-0.25, -0.2) is 4.79 Å². The van der Waals surface area contributed by atoms with Crippen molar-refractivity contribution in [1.82, 2.24) is 9.88 Å². The zero-order valence-electron chi connectivity index (χ0n) is 19.4. The molecule has 2 aromatic carbocycles. The first kappa shape index (κ1) is 24.4. The van der Waals surface area contributed by atoms with Crippen LogP contribution in [-0.2, 0) is 14.3 Å². The number of β-lactam (4-membered cyclic amide) rings is 1. The number of carbonyl (C=O) groups excluding carboxylic acids is 2. The number of pyridine rings is 1. The van der Waals surface area contributed by atoms with Gasteiger partial charge in [-0.1, -0.05) is 66.7 Å². The summed E-state index contributed by atoms with van der Waals surface area (Å²) in [6, 6.07) is 22.5. The van der Waals surface area contributed by atoms with Crippen molar-refractivity contribution in [2.45, 2.75) is 17.5 Å². The van der Waals surface area contributed by atoms with E-state index in [9.17, 15) is 9.59 Å². The van der Waals surface area contributed by atoms with E-state index in [1.54, 1.807) is 35.9 Å². The summed E-state index contributed by atoms with van der Waals surface area (Å²) in [7, 11) is 0. The van der Waals surface area contributed by atoms with E-state index in [2.05, 4.69) is 4.98 Å². The van der Waals surface area contributed by atoms with Crippen LogP contribution < -0.4 is 5.73 Å². The highest BCUT2D eigenvalue weighted by Crippen LogP contribution is 2.41. The lowest BCUT2D eigenvalue weighted by Crippen LogP contribution is -2.68. The van der Waals surface area contributed by atoms with Gasteiger partial charge in [0, 0.05) is 23.9 Å². The Balaban J connectivity index is 1.41. The fraction of sp³-hybridized carbons (Fsp3) is 0.179. The highest BCUT2D eigenvalue weighted by atomic mass is 32.2. The standard InChI is InChI=1S/C28H25N3O3S2/c29-23-26(32)31-24(22(18-36-27(23)31)17-35-15-13-19-8-7-14-30-16-19)28(33)34-25(20-9-3-1-4-10-20)21-11-5-2-6-12-21/h1-16,23,25,27H,17-18,29H2/b15-13-/t23-,27+/m1/s1. The number of fused-ring (bicyclic) bond motifs is 1. The molecule has 1 saturated heterocycles. The summed E-state index contributed by atoms with van der Waals surface area (Å²) in [5.41, 5.74) is 9.95. The van der Waals surface area contributed by atoms with Crippen LogP contribution in [-0.4, -0.2) is 44.7 Å². The zero-order valence-corrected chi connectivity index (χ0v) is 21.0. The first-order chi connectivity index (χ1) is 17.6. The molecule has 2 atom stereocenters. The van der Waals surface area contributed by atoms with E-state index in [0.717, 1.165) is 22.3 Å². The molecule has 1 fully saturated rings. The Labute approximate surface area is 218 Å². The third-order valence-corrected chi connectivity index (χ3v) is 8.21. The van der Waals surface area contributed by atoms with Crippen molar-refractivity contribution in [3.63, 3.8) is 0 Å². The van der Waals surface area contributed by atoms with Gasteiger partial charge in [-0.05, 0) is 39.8 Å². The van der Waals surface area contributed by atoms with Crippen LogP contribution in [0.3, 0.4) is 0 Å². The van der Waals surface area contributed by atoms with Gasteiger partial charge in [-0.2, -0.15) is 0 Å². The van der Waals surface area contributed by atoms with E-state index in [-0.39, 0.29) is 11.3 Å². The SMILES string of the molecule is N[C@@H]1C(=O)N2C(C(=O)OC(c3ccccc3)c3ccccc3)=C(CS/C=C\c3cccnc3)CS[C@@H]12. The Hall–Kier alpha value is -3.33. The minimum Gasteiger partial charge on any atom is -0.448 e. The van der Waals surface area contributed by atoms with Crippen LogP contribution in [0.2, 0.25) is 0 Å². The molecule has 3 aromatic rings. The number of carbonyl (C=O) groups is 2. The van der Waals surface area contributed by atoms with Gasteiger partial charge in [-0.3, -0.25) is 14.7 Å². The molecule has 8 heteroatoms. The molecule has 36 heavy (non-hydrogen) atoms. The number of aromatic nitrogens is 1. The summed E-state index contributed by atoms with van der Waals surface area (Å²) in [5, 5.41) is 1.73. The zero-order chi connectivity index (χ0) is 24.9. The topological polar surface area (TPSA) is 85.5 Å². The van der Waals surface area contributed by atoms with E-state index < -0.39 is 18.1 Å². The predicted octanol–water partition coefficient (Wildman–Crippen LogP) is 4.61. The third-order valence-electron chi connectivity index (χ3n) is 6.01. The maximum absolute atomic E-state index is 13.7. The first-order valence-corrected chi connectivity index (χ1v) is 13.6. The van der Waals surface area contributed by atoms with Gasteiger partial charge in [0.05, 0.1) is 0 Å². The van der Waals surface area contributed by atoms with Crippen molar-refractivity contribution < 1.29 is 14.3 Å². The van der Waals surface area contributed by atoms with E-state index in [4.69, 9.17) is 10.5 Å². The molecular formula is C28H25N3O3S2. The molecule has 0 aliphatic carbocycles. The first-order valence-electron chi connectivity index (χ1n) is 11.5. The molecule has 6 nitrogen and oxygen atoms in total. The number of thioether (sulfide) groups is 2. The molecule has 0 unspecified atom stereocenters. The Kier molecular flexibility index (Phi) is 7.55. The highest BCUT2D eigenvalue weighted by Gasteiger charge is 2.52. The van der Waals surface area contributed by atoms with Crippen molar-refractivity contribution in [1.29, 1.82) is 0 Å². The molecule has 2 aliphatic rings. The highest BCUT2D eigenvalue weighted by molar-refractivity contribution is 8.02. The van der Waals surface area contributed by atoms with Crippen molar-refractivity contribution >= 4 is 41.5 Å². The van der Waals surface area contributed by atoms with Crippen molar-refractivity contribution in [3.8, 4) is 0 Å². The summed E-state index contributed by atoms with van der Waals surface area (Å²) in [5.74, 6) is 0.414. The summed E-state index contributed by atoms with van der Waals surface area (Å²) in [6.07, 6.45) is 4.90. The lowest BCUT2D eigenvalue weighted by molar-refractivity contribution is -0.153. The smallest absolute Gasteiger partial charge is 0.356 e. The van der Waals surface area contributed by atoms with Gasteiger partial charge in [0.25, 0.3) is 0 Å². The molecule has 1 aromatic heterocycles. The fourth-order valence-electron chi connectivity index (χ4n) is 4.18. The number of nitrogens with two attached hydrogens (primary N) is 1. The van der Waals surface area contributed by atoms with Gasteiger partial charge < -0.3 is 10.5 Å². The number of rotatable bonds is 8. The number of hydrogen-bond acceptors (Lipinski definition) is 7. The average Bonchev–Trinajstić information content (AvgIpc) is 2.94. The molecule has 0 spiro atoms. The van der Waals surface area contributed by atoms with Gasteiger partial charge >= 0.3 is 5.97 Å². The second kappa shape index (κ2) is 11.2. The van der Waals surface area contributed by atoms with Crippen LogP contribution >= 0.6 is 23.5 Å². The second-order valence-corrected chi connectivity index (χ2v) is 10.4. The minimum atomic E-state index is -0.600. The molecule has 0 saturated carbocycles. The fourth-order valence-corrected chi connectivity index (χ4v) is 6.39. The predicted molar refractivity (Wildman–Crippen MR) is 145 cm³/mol. The van der Waals surface area contributed by atoms with E-state index >= 15 is 0 Å². The van der Waals surface area contributed by atoms with Crippen molar-refractivity contribution in [2.75, 3.05) is 11.5 Å². The summed E-state index contributed by atoms with van der Waals surface area (Å²) < 4.78 is 6.13. The van der Waals surface area contributed by atoms with E-state index in [1.807, 2.05) is 84.3 Å². The van der Waals surface area contributed by atoms with Gasteiger partial charge in [0.15, 0.2) is 6.10 Å². The molecule has 3 heterocycles. The van der Waals surface area contributed by atoms with Crippen LogP contribution in [0, 0.1) is 0 Å². The molecule has 2 N–H and O–H groups in total. The summed E-state index contributed by atoms with van der Waals surface area (Å²) in [4.78, 5) is 32.1. The molecule has 0 radical (unpaired) electrons. The number of amides is 1. The minimum absolute atomic E-state index is 0.244. The van der Waals surface area contributed by atoms with Crippen LogP contribution in [0.5, 0.6) is 0 Å². The molecule has 2 aliphatic heterocycles. The van der Waals surface area contributed by atoms with Crippen LogP contribution in [0.1, 0.15) is 22.8 Å². The number of ether oxygens (including phenoxy) is 1. The normalized spacial score (nSPS) is 19.4. The summed E-state index contributed by atoms with van der Waals surface area (Å²) >= 11 is 3.15. The van der Waals surface area contributed by atoms with Crippen LogP contribution in [0.15, 0.2) is 102 Å². The average molecular weight is 516 g/mol. The quantitative estimate of drug-likeness (QED) is 0.346. The van der Waals surface area contributed by atoms with Crippen LogP contribution in [0.4, 0.5) is 0 Å². The molecule has 5 rings (SSSR count). The largest absolute Gasteiger partial charge is 0.448 e. The summed E-state index contributed by atoms with van der Waals surface area (Å²) in [6.45, 7) is 0. The van der Waals surface area contributed by atoms with E-state index in [1.165, 1.54) is 4.90 Å². The second-order valence-electron chi connectivity index (χ2n) is 8.39. The van der Waals surface area contributed by atoms with Crippen molar-refractivity contribution in [3.05, 3.63) is 119 Å². The van der Waals surface area contributed by atoms with Gasteiger partial charge in [-0.15, -0.1) is 23.5 Å². The van der Waals surface area contributed by atoms with Gasteiger partial charge in [0.1, 0.15) is 17.1 Å². The number of esters is 1. The Bertz CT molecular complexity index is 1240. The third kappa shape index (κ3) is 5.11. The number of hydrogen-bond donors (Lipinski definition) is 1. The molecule has 0 bridgehead atoms. The van der Waals surface area contributed by atoms with E-state index in [0.29, 0.717) is 17.2 Å². The van der Waals surface area contributed by atoms with Gasteiger partial charge in [0.2, 0.25) is 5.91 Å². The lowest BCUT2D eigenvalue weighted by Gasteiger charge is -2.48. The molecule has 182 valence electrons. The maximum Gasteiger partial charge on any atom is 0.356 e. The number of nitrogens with zero attached hydrogens (tertiary/aromatic N) is 2.